The third kappa shape index (κ3) is 1.56. The second-order valence-corrected chi connectivity index (χ2v) is 3.30. The van der Waals surface area contributed by atoms with Crippen LogP contribution in [0.25, 0.3) is 0 Å². The number of oxime groups is 1. The molecule has 64 valence electrons. The van der Waals surface area contributed by atoms with Crippen molar-refractivity contribution in [3.05, 3.63) is 0 Å². The monoisotopic (exact) mass is 157 g/mol. The SMILES string of the molecule is CC1CC(C)N(/C(N)=N/O)C1. The first-order valence-electron chi connectivity index (χ1n) is 3.89. The van der Waals surface area contributed by atoms with Gasteiger partial charge in [0.2, 0.25) is 5.96 Å². The van der Waals surface area contributed by atoms with E-state index >= 15 is 0 Å². The molecule has 0 saturated carbocycles. The summed E-state index contributed by atoms with van der Waals surface area (Å²) in [6.07, 6.45) is 1.12. The van der Waals surface area contributed by atoms with Crippen molar-refractivity contribution < 1.29 is 5.21 Å². The maximum absolute atomic E-state index is 8.42. The van der Waals surface area contributed by atoms with Crippen molar-refractivity contribution in [3.8, 4) is 0 Å². The molecule has 0 aromatic heterocycles. The Morgan fingerprint density at radius 3 is 2.64 bits per heavy atom. The van der Waals surface area contributed by atoms with Crippen LogP contribution in [0.1, 0.15) is 20.3 Å². The van der Waals surface area contributed by atoms with E-state index < -0.39 is 0 Å². The second-order valence-electron chi connectivity index (χ2n) is 3.30. The minimum atomic E-state index is 0.238. The van der Waals surface area contributed by atoms with Crippen LogP contribution in [0.5, 0.6) is 0 Å². The van der Waals surface area contributed by atoms with E-state index in [2.05, 4.69) is 19.0 Å². The molecular formula is C7H15N3O. The van der Waals surface area contributed by atoms with Gasteiger partial charge in [-0.05, 0) is 19.3 Å². The van der Waals surface area contributed by atoms with E-state index in [4.69, 9.17) is 10.9 Å². The predicted octanol–water partition coefficient (Wildman–Crippen LogP) is 0.421. The van der Waals surface area contributed by atoms with Gasteiger partial charge in [-0.2, -0.15) is 0 Å². The maximum Gasteiger partial charge on any atom is 0.233 e. The summed E-state index contributed by atoms with van der Waals surface area (Å²) in [5.41, 5.74) is 5.46. The number of rotatable bonds is 0. The zero-order valence-electron chi connectivity index (χ0n) is 6.99. The van der Waals surface area contributed by atoms with Crippen LogP contribution in [0.4, 0.5) is 0 Å². The molecule has 2 unspecified atom stereocenters. The number of nitrogens with zero attached hydrogens (tertiary/aromatic N) is 2. The van der Waals surface area contributed by atoms with Gasteiger partial charge in [-0.15, -0.1) is 0 Å². The highest BCUT2D eigenvalue weighted by Crippen LogP contribution is 2.21. The molecule has 1 fully saturated rings. The molecule has 3 N–H and O–H groups in total. The molecule has 1 aliphatic heterocycles. The van der Waals surface area contributed by atoms with Gasteiger partial charge in [0, 0.05) is 12.6 Å². The van der Waals surface area contributed by atoms with Crippen molar-refractivity contribution in [2.75, 3.05) is 6.54 Å². The Morgan fingerprint density at radius 1 is 1.64 bits per heavy atom. The summed E-state index contributed by atoms with van der Waals surface area (Å²) >= 11 is 0. The fraction of sp³-hybridized carbons (Fsp3) is 0.857. The fourth-order valence-corrected chi connectivity index (χ4v) is 1.68. The number of hydrogen-bond donors (Lipinski definition) is 2. The Kier molecular flexibility index (Phi) is 2.22. The lowest BCUT2D eigenvalue weighted by Crippen LogP contribution is -2.39. The first-order valence-corrected chi connectivity index (χ1v) is 3.89. The van der Waals surface area contributed by atoms with E-state index in [1.165, 1.54) is 0 Å². The Morgan fingerprint density at radius 2 is 2.27 bits per heavy atom. The molecule has 11 heavy (non-hydrogen) atoms. The molecule has 0 aromatic rings. The smallest absolute Gasteiger partial charge is 0.233 e. The van der Waals surface area contributed by atoms with Crippen LogP contribution in [0.2, 0.25) is 0 Å². The molecule has 0 aromatic carbocycles. The normalized spacial score (nSPS) is 32.9. The average molecular weight is 157 g/mol. The summed E-state index contributed by atoms with van der Waals surface area (Å²) in [5, 5.41) is 11.4. The third-order valence-corrected chi connectivity index (χ3v) is 2.18. The van der Waals surface area contributed by atoms with Crippen LogP contribution in [0.15, 0.2) is 5.16 Å². The van der Waals surface area contributed by atoms with Crippen molar-refractivity contribution in [1.82, 2.24) is 4.90 Å². The van der Waals surface area contributed by atoms with Gasteiger partial charge in [0.05, 0.1) is 0 Å². The summed E-state index contributed by atoms with van der Waals surface area (Å²) in [5.74, 6) is 0.882. The Bertz CT molecular complexity index is 169. The quantitative estimate of drug-likeness (QED) is 0.232. The minimum Gasteiger partial charge on any atom is -0.408 e. The molecule has 1 saturated heterocycles. The molecular weight excluding hydrogens is 142 g/mol. The molecule has 0 amide bonds. The van der Waals surface area contributed by atoms with Crippen molar-refractivity contribution in [1.29, 1.82) is 0 Å². The molecule has 0 aliphatic carbocycles. The van der Waals surface area contributed by atoms with Gasteiger partial charge in [0.25, 0.3) is 0 Å². The zero-order valence-corrected chi connectivity index (χ0v) is 6.99. The van der Waals surface area contributed by atoms with E-state index in [-0.39, 0.29) is 5.96 Å². The predicted molar refractivity (Wildman–Crippen MR) is 43.4 cm³/mol. The van der Waals surface area contributed by atoms with E-state index in [0.717, 1.165) is 13.0 Å². The molecule has 0 radical (unpaired) electrons. The van der Waals surface area contributed by atoms with Gasteiger partial charge >= 0.3 is 0 Å². The number of hydrogen-bond acceptors (Lipinski definition) is 2. The second kappa shape index (κ2) is 2.98. The molecule has 1 rings (SSSR count). The number of guanidine groups is 1. The fourth-order valence-electron chi connectivity index (χ4n) is 1.68. The molecule has 0 bridgehead atoms. The van der Waals surface area contributed by atoms with Crippen molar-refractivity contribution in [2.24, 2.45) is 16.8 Å². The van der Waals surface area contributed by atoms with Crippen molar-refractivity contribution in [3.63, 3.8) is 0 Å². The van der Waals surface area contributed by atoms with Crippen LogP contribution < -0.4 is 5.73 Å². The Labute approximate surface area is 66.7 Å². The van der Waals surface area contributed by atoms with Gasteiger partial charge in [-0.25, -0.2) is 0 Å². The maximum atomic E-state index is 8.42. The van der Waals surface area contributed by atoms with Crippen LogP contribution in [0, 0.1) is 5.92 Å². The Hall–Kier alpha value is -0.930. The van der Waals surface area contributed by atoms with E-state index in [9.17, 15) is 0 Å². The van der Waals surface area contributed by atoms with E-state index in [1.807, 2.05) is 4.90 Å². The average Bonchev–Trinajstić information content (AvgIpc) is 2.28. The van der Waals surface area contributed by atoms with Crippen molar-refractivity contribution in [2.45, 2.75) is 26.3 Å². The zero-order chi connectivity index (χ0) is 8.43. The summed E-state index contributed by atoms with van der Waals surface area (Å²) in [4.78, 5) is 1.92. The summed E-state index contributed by atoms with van der Waals surface area (Å²) in [6.45, 7) is 5.15. The standard InChI is InChI=1S/C7H15N3O/c1-5-3-6(2)10(4-5)7(8)9-11/h5-6,11H,3-4H2,1-2H3,(H2,8,9). The summed E-state index contributed by atoms with van der Waals surface area (Å²) < 4.78 is 0. The largest absolute Gasteiger partial charge is 0.408 e. The third-order valence-electron chi connectivity index (χ3n) is 2.18. The highest BCUT2D eigenvalue weighted by Gasteiger charge is 2.27. The van der Waals surface area contributed by atoms with E-state index in [1.54, 1.807) is 0 Å². The summed E-state index contributed by atoms with van der Waals surface area (Å²) in [6, 6.07) is 0.404. The van der Waals surface area contributed by atoms with Gasteiger partial charge in [0.15, 0.2) is 0 Å². The van der Waals surface area contributed by atoms with Crippen molar-refractivity contribution >= 4 is 5.96 Å². The lowest BCUT2D eigenvalue weighted by Gasteiger charge is -2.20. The molecule has 1 heterocycles. The van der Waals surface area contributed by atoms with E-state index in [0.29, 0.717) is 12.0 Å². The van der Waals surface area contributed by atoms with Gasteiger partial charge in [-0.1, -0.05) is 12.1 Å². The summed E-state index contributed by atoms with van der Waals surface area (Å²) in [7, 11) is 0. The molecule has 4 nitrogen and oxygen atoms in total. The topological polar surface area (TPSA) is 61.8 Å². The van der Waals surface area contributed by atoms with Gasteiger partial charge in [-0.3, -0.25) is 0 Å². The van der Waals surface area contributed by atoms with Gasteiger partial charge in [0.1, 0.15) is 0 Å². The lowest BCUT2D eigenvalue weighted by molar-refractivity contribution is 0.295. The van der Waals surface area contributed by atoms with Crippen LogP contribution >= 0.6 is 0 Å². The number of nitrogens with two attached hydrogens (primary N) is 1. The lowest BCUT2D eigenvalue weighted by atomic mass is 10.1. The van der Waals surface area contributed by atoms with Crippen LogP contribution in [0.3, 0.4) is 0 Å². The molecule has 1 aliphatic rings. The highest BCUT2D eigenvalue weighted by molar-refractivity contribution is 5.77. The minimum absolute atomic E-state index is 0.238. The Balaban J connectivity index is 2.60. The van der Waals surface area contributed by atoms with Crippen LogP contribution in [-0.2, 0) is 0 Å². The van der Waals surface area contributed by atoms with Gasteiger partial charge < -0.3 is 15.8 Å². The highest BCUT2D eigenvalue weighted by atomic mass is 16.4. The molecule has 0 spiro atoms. The molecule has 4 heteroatoms. The first kappa shape index (κ1) is 8.17. The van der Waals surface area contributed by atoms with Crippen LogP contribution in [-0.4, -0.2) is 28.7 Å². The number of likely N-dealkylation sites (tertiary alicyclic amines) is 1. The molecule has 2 atom stereocenters. The first-order chi connectivity index (χ1) is 5.15.